The average molecular weight is 308 g/mol. The molecule has 0 bridgehead atoms. The molecule has 0 unspecified atom stereocenters. The molecule has 0 saturated heterocycles. The van der Waals surface area contributed by atoms with Crippen molar-refractivity contribution in [1.29, 1.82) is 0 Å². The third-order valence-electron chi connectivity index (χ3n) is 3.19. The number of para-hydroxylation sites is 1. The molecule has 0 aliphatic rings. The predicted octanol–water partition coefficient (Wildman–Crippen LogP) is 2.75. The molecule has 0 radical (unpaired) electrons. The van der Waals surface area contributed by atoms with E-state index in [-0.39, 0.29) is 0 Å². The van der Waals surface area contributed by atoms with Crippen molar-refractivity contribution in [2.45, 2.75) is 6.61 Å². The van der Waals surface area contributed by atoms with Crippen molar-refractivity contribution in [2.24, 2.45) is 5.10 Å². The summed E-state index contributed by atoms with van der Waals surface area (Å²) in [5.41, 5.74) is 1.90. The predicted molar refractivity (Wildman–Crippen MR) is 86.8 cm³/mol. The maximum atomic E-state index is 5.96. The van der Waals surface area contributed by atoms with Crippen LogP contribution in [0.4, 0.5) is 0 Å². The number of aromatic nitrogens is 3. The Morgan fingerprint density at radius 2 is 1.83 bits per heavy atom. The van der Waals surface area contributed by atoms with E-state index in [1.54, 1.807) is 13.3 Å². The molecule has 6 nitrogen and oxygen atoms in total. The van der Waals surface area contributed by atoms with Crippen LogP contribution in [0.15, 0.2) is 66.3 Å². The Morgan fingerprint density at radius 1 is 1.04 bits per heavy atom. The fourth-order valence-electron chi connectivity index (χ4n) is 2.06. The van der Waals surface area contributed by atoms with Gasteiger partial charge in [0.25, 0.3) is 0 Å². The first kappa shape index (κ1) is 14.8. The highest BCUT2D eigenvalue weighted by Gasteiger charge is 2.09. The second-order valence-corrected chi connectivity index (χ2v) is 4.74. The molecule has 6 heteroatoms. The number of hydrogen-bond acceptors (Lipinski definition) is 5. The lowest BCUT2D eigenvalue weighted by Gasteiger charge is -2.13. The Hall–Kier alpha value is -3.15. The third kappa shape index (κ3) is 3.74. The van der Waals surface area contributed by atoms with E-state index in [0.717, 1.165) is 11.1 Å². The van der Waals surface area contributed by atoms with Crippen LogP contribution in [0.5, 0.6) is 11.5 Å². The van der Waals surface area contributed by atoms with E-state index in [1.807, 2.05) is 48.5 Å². The van der Waals surface area contributed by atoms with E-state index in [0.29, 0.717) is 18.1 Å². The standard InChI is InChI=1S/C17H16N4O2/c1-22-16-9-5-8-15(10-20-21-12-18-19-13-21)17(16)23-11-14-6-3-2-4-7-14/h2-10,12-13H,11H2,1H3. The lowest BCUT2D eigenvalue weighted by atomic mass is 10.2. The summed E-state index contributed by atoms with van der Waals surface area (Å²) in [7, 11) is 1.62. The van der Waals surface area contributed by atoms with Gasteiger partial charge in [0.05, 0.1) is 13.3 Å². The molecule has 0 saturated carbocycles. The van der Waals surface area contributed by atoms with Crippen molar-refractivity contribution >= 4 is 6.21 Å². The van der Waals surface area contributed by atoms with Gasteiger partial charge >= 0.3 is 0 Å². The van der Waals surface area contributed by atoms with Crippen LogP contribution in [0, 0.1) is 0 Å². The molecule has 1 aromatic heterocycles. The minimum absolute atomic E-state index is 0.453. The van der Waals surface area contributed by atoms with E-state index in [9.17, 15) is 0 Å². The highest BCUT2D eigenvalue weighted by atomic mass is 16.5. The van der Waals surface area contributed by atoms with Gasteiger partial charge in [-0.15, -0.1) is 10.2 Å². The van der Waals surface area contributed by atoms with Gasteiger partial charge < -0.3 is 9.47 Å². The van der Waals surface area contributed by atoms with Gasteiger partial charge in [-0.2, -0.15) is 5.10 Å². The van der Waals surface area contributed by atoms with Crippen molar-refractivity contribution in [3.8, 4) is 11.5 Å². The van der Waals surface area contributed by atoms with Crippen LogP contribution in [0.2, 0.25) is 0 Å². The summed E-state index contributed by atoms with van der Waals surface area (Å²) in [5, 5.41) is 11.7. The molecule has 23 heavy (non-hydrogen) atoms. The normalized spacial score (nSPS) is 10.8. The SMILES string of the molecule is COc1cccc(C=Nn2cnnc2)c1OCc1ccccc1. The number of methoxy groups -OCH3 is 1. The Labute approximate surface area is 134 Å². The number of nitrogens with zero attached hydrogens (tertiary/aromatic N) is 4. The van der Waals surface area contributed by atoms with Crippen molar-refractivity contribution in [3.05, 3.63) is 72.3 Å². The van der Waals surface area contributed by atoms with Gasteiger partial charge in [0.1, 0.15) is 19.3 Å². The molecule has 0 fully saturated rings. The summed E-state index contributed by atoms with van der Waals surface area (Å²) in [6.07, 6.45) is 4.72. The zero-order valence-corrected chi connectivity index (χ0v) is 12.7. The summed E-state index contributed by atoms with van der Waals surface area (Å²) in [6.45, 7) is 0.453. The number of benzene rings is 2. The van der Waals surface area contributed by atoms with Gasteiger partial charge in [0, 0.05) is 5.56 Å². The fourth-order valence-corrected chi connectivity index (χ4v) is 2.06. The van der Waals surface area contributed by atoms with E-state index in [4.69, 9.17) is 9.47 Å². The van der Waals surface area contributed by atoms with E-state index in [1.165, 1.54) is 17.3 Å². The van der Waals surface area contributed by atoms with Crippen LogP contribution in [0.3, 0.4) is 0 Å². The molecule has 3 rings (SSSR count). The summed E-state index contributed by atoms with van der Waals surface area (Å²) in [4.78, 5) is 0. The van der Waals surface area contributed by atoms with Crippen molar-refractivity contribution < 1.29 is 9.47 Å². The van der Waals surface area contributed by atoms with Crippen molar-refractivity contribution in [3.63, 3.8) is 0 Å². The molecular formula is C17H16N4O2. The van der Waals surface area contributed by atoms with Crippen LogP contribution in [0.25, 0.3) is 0 Å². The molecule has 0 amide bonds. The topological polar surface area (TPSA) is 61.5 Å². The largest absolute Gasteiger partial charge is 0.493 e. The minimum atomic E-state index is 0.453. The van der Waals surface area contributed by atoms with E-state index in [2.05, 4.69) is 15.3 Å². The Morgan fingerprint density at radius 3 is 2.57 bits per heavy atom. The van der Waals surface area contributed by atoms with Crippen LogP contribution in [0.1, 0.15) is 11.1 Å². The lowest BCUT2D eigenvalue weighted by molar-refractivity contribution is 0.284. The summed E-state index contributed by atoms with van der Waals surface area (Å²) in [5.74, 6) is 1.31. The smallest absolute Gasteiger partial charge is 0.170 e. The Balaban J connectivity index is 1.84. The highest BCUT2D eigenvalue weighted by Crippen LogP contribution is 2.30. The maximum Gasteiger partial charge on any atom is 0.170 e. The zero-order chi connectivity index (χ0) is 15.9. The molecule has 0 N–H and O–H groups in total. The van der Waals surface area contributed by atoms with Crippen LogP contribution < -0.4 is 9.47 Å². The highest BCUT2D eigenvalue weighted by molar-refractivity contribution is 5.85. The Bertz CT molecular complexity index is 771. The number of hydrogen-bond donors (Lipinski definition) is 0. The second-order valence-electron chi connectivity index (χ2n) is 4.74. The summed E-state index contributed by atoms with van der Waals surface area (Å²) >= 11 is 0. The van der Waals surface area contributed by atoms with E-state index < -0.39 is 0 Å². The van der Waals surface area contributed by atoms with Gasteiger partial charge in [-0.25, -0.2) is 4.68 Å². The molecule has 0 aliphatic heterocycles. The second kappa shape index (κ2) is 7.22. The van der Waals surface area contributed by atoms with Crippen LogP contribution >= 0.6 is 0 Å². The fraction of sp³-hybridized carbons (Fsp3) is 0.118. The van der Waals surface area contributed by atoms with Gasteiger partial charge in [0.2, 0.25) is 0 Å². The molecular weight excluding hydrogens is 292 g/mol. The van der Waals surface area contributed by atoms with Crippen LogP contribution in [-0.4, -0.2) is 28.2 Å². The van der Waals surface area contributed by atoms with Crippen LogP contribution in [-0.2, 0) is 6.61 Å². The van der Waals surface area contributed by atoms with Gasteiger partial charge in [0.15, 0.2) is 11.5 Å². The molecule has 0 spiro atoms. The molecule has 0 atom stereocenters. The maximum absolute atomic E-state index is 5.96. The average Bonchev–Trinajstić information content (AvgIpc) is 3.12. The van der Waals surface area contributed by atoms with Crippen molar-refractivity contribution in [2.75, 3.05) is 7.11 Å². The minimum Gasteiger partial charge on any atom is -0.493 e. The first-order valence-electron chi connectivity index (χ1n) is 7.09. The summed E-state index contributed by atoms with van der Waals surface area (Å²) in [6, 6.07) is 15.6. The quantitative estimate of drug-likeness (QED) is 0.657. The van der Waals surface area contributed by atoms with Gasteiger partial charge in [-0.3, -0.25) is 0 Å². The first-order valence-corrected chi connectivity index (χ1v) is 7.09. The molecule has 116 valence electrons. The third-order valence-corrected chi connectivity index (χ3v) is 3.19. The molecule has 0 aliphatic carbocycles. The Kier molecular flexibility index (Phi) is 4.63. The summed E-state index contributed by atoms with van der Waals surface area (Å²) < 4.78 is 12.9. The molecule has 3 aromatic rings. The monoisotopic (exact) mass is 308 g/mol. The first-order chi connectivity index (χ1) is 11.4. The van der Waals surface area contributed by atoms with Crippen molar-refractivity contribution in [1.82, 2.24) is 14.9 Å². The van der Waals surface area contributed by atoms with Gasteiger partial charge in [-0.05, 0) is 17.7 Å². The van der Waals surface area contributed by atoms with E-state index >= 15 is 0 Å². The number of rotatable bonds is 6. The number of ether oxygens (including phenoxy) is 2. The zero-order valence-electron chi connectivity index (χ0n) is 12.7. The molecule has 1 heterocycles. The lowest BCUT2D eigenvalue weighted by Crippen LogP contribution is -2.01. The van der Waals surface area contributed by atoms with Gasteiger partial charge in [-0.1, -0.05) is 36.4 Å². The molecule has 2 aromatic carbocycles.